The second kappa shape index (κ2) is 85.3. The van der Waals surface area contributed by atoms with Crippen LogP contribution in [0, 0.1) is 35.5 Å². The maximum atomic E-state index is 12.4. The molecule has 0 rings (SSSR count). The van der Waals surface area contributed by atoms with Crippen LogP contribution in [0.25, 0.3) is 0 Å². The largest absolute Gasteiger partial charge is 0.799 e. The molecule has 0 aromatic heterocycles. The van der Waals surface area contributed by atoms with Gasteiger partial charge in [-0.1, -0.05) is 474 Å². The summed E-state index contributed by atoms with van der Waals surface area (Å²) < 4.78 is 74.1. The van der Waals surface area contributed by atoms with Crippen LogP contribution in [0.5, 0.6) is 0 Å². The summed E-state index contributed by atoms with van der Waals surface area (Å²) in [5, 5.41) is 0. The van der Waals surface area contributed by atoms with E-state index in [2.05, 4.69) is 125 Å². The maximum Gasteiger partial charge on any atom is 0.0178 e. The molecule has 0 fully saturated rings. The fourth-order valence-corrected chi connectivity index (χ4v) is 27.7. The van der Waals surface area contributed by atoms with E-state index in [1.807, 2.05) is 41.5 Å². The van der Waals surface area contributed by atoms with Crippen LogP contribution < -0.4 is 29.4 Å². The molecule has 0 amide bonds. The Hall–Kier alpha value is 1.83. The molecule has 12 nitrogen and oxygen atoms in total. The fourth-order valence-electron chi connectivity index (χ4n) is 15.1. The van der Waals surface area contributed by atoms with Crippen molar-refractivity contribution in [3.05, 3.63) is 0 Å². The van der Waals surface area contributed by atoms with Crippen molar-refractivity contribution in [1.82, 2.24) is 0 Å². The summed E-state index contributed by atoms with van der Waals surface area (Å²) in [6.45, 7) is 50.2. The molecule has 0 aliphatic rings. The van der Waals surface area contributed by atoms with Crippen LogP contribution in [0.1, 0.15) is 513 Å². The number of hydrogen-bond acceptors (Lipinski definition) is 12. The van der Waals surface area contributed by atoms with Gasteiger partial charge in [0.05, 0.1) is 0 Å². The molecule has 115 heavy (non-hydrogen) atoms. The molecule has 0 aromatic carbocycles. The molecule has 18 unspecified atom stereocenters. The Morgan fingerprint density at radius 1 is 0.165 bits per heavy atom. The Morgan fingerprint density at radius 2 is 0.270 bits per heavy atom. The van der Waals surface area contributed by atoms with Crippen molar-refractivity contribution < 1.29 is 77.8 Å². The zero-order valence-corrected chi connectivity index (χ0v) is 88.7. The molecule has 0 bridgehead atoms. The zero-order chi connectivity index (χ0) is 88.4. The molecule has 18 atom stereocenters. The van der Waals surface area contributed by atoms with Crippen LogP contribution >= 0.6 is 44.2 Å². The van der Waals surface area contributed by atoms with Crippen LogP contribution in [0.15, 0.2) is 0 Å². The minimum atomic E-state index is -3.20. The number of rotatable bonds is 72. The summed E-state index contributed by atoms with van der Waals surface area (Å²) >= 11 is 0. The second-order valence-corrected chi connectivity index (χ2v) is 52.3. The fraction of sp³-hybridized carbons (Fsp3) is 1.00. The van der Waals surface area contributed by atoms with E-state index in [1.165, 1.54) is 116 Å². The first-order valence-corrected chi connectivity index (χ1v) is 60.9. The first-order valence-electron chi connectivity index (χ1n) is 49.6. The van der Waals surface area contributed by atoms with Crippen LogP contribution in [0.3, 0.4) is 0 Å². The SMILES string of the molecule is CCCCCCC(C)P(=O)([O-])CC(CC)CCCC.CCCCCCC(C)P(=O)([O-])CC(CC)CCCC.CCCCCCC(C)P(=O)([O-])CC(CC)CCCC.CCCCCCC(C)P(=O)([O-])CC(CC)CCCC.CCCCCCC(C)P(=O)([O-])CC(CC)CCCC.CCCCCCC(C)P(=O)([O-])CC(CC)CCCC.[Mo]. The molecule has 702 valence electrons. The van der Waals surface area contributed by atoms with Gasteiger partial charge in [0.2, 0.25) is 0 Å². The average Bonchev–Trinajstić information content (AvgIpc) is 0.909. The zero-order valence-electron chi connectivity index (χ0n) is 81.3. The summed E-state index contributed by atoms with van der Waals surface area (Å²) in [5.74, 6) is 2.26. The Bertz CT molecular complexity index is 1930. The first-order chi connectivity index (χ1) is 53.8. The van der Waals surface area contributed by atoms with Crippen LogP contribution in [0.4, 0.5) is 0 Å². The van der Waals surface area contributed by atoms with Gasteiger partial charge in [-0.3, -0.25) is 0 Å². The maximum absolute atomic E-state index is 12.4. The third-order valence-electron chi connectivity index (χ3n) is 25.2. The molecular weight excluding hydrogens is 1630 g/mol. The number of unbranched alkanes of at least 4 members (excludes halogenated alkanes) is 24. The van der Waals surface area contributed by atoms with E-state index in [4.69, 9.17) is 0 Å². The molecule has 19 heteroatoms. The molecule has 0 aliphatic heterocycles. The molecular formula is C96H204MoO12P6-6. The Labute approximate surface area is 736 Å². The Morgan fingerprint density at radius 3 is 0.357 bits per heavy atom. The van der Waals surface area contributed by atoms with Gasteiger partial charge in [0.25, 0.3) is 0 Å². The summed E-state index contributed by atoms with van der Waals surface area (Å²) in [5.41, 5.74) is -0.750. The van der Waals surface area contributed by atoms with Gasteiger partial charge < -0.3 is 56.8 Å². The van der Waals surface area contributed by atoms with E-state index in [1.54, 1.807) is 0 Å². The van der Waals surface area contributed by atoms with Crippen molar-refractivity contribution in [3.63, 3.8) is 0 Å². The Balaban J connectivity index is -0.000000243. The van der Waals surface area contributed by atoms with Gasteiger partial charge in [-0.2, -0.15) is 0 Å². The predicted molar refractivity (Wildman–Crippen MR) is 504 cm³/mol. The number of hydrogen-bond donors (Lipinski definition) is 0. The van der Waals surface area contributed by atoms with Gasteiger partial charge >= 0.3 is 0 Å². The smallest absolute Gasteiger partial charge is 0.0178 e. The van der Waals surface area contributed by atoms with E-state index in [0.717, 1.165) is 231 Å². The molecule has 0 aromatic rings. The first kappa shape index (κ1) is 130. The third kappa shape index (κ3) is 76.8. The molecule has 0 saturated carbocycles. The Kier molecular flexibility index (Phi) is 96.4. The van der Waals surface area contributed by atoms with E-state index < -0.39 is 44.2 Å². The van der Waals surface area contributed by atoms with Crippen molar-refractivity contribution in [2.24, 2.45) is 35.5 Å². The van der Waals surface area contributed by atoms with Crippen molar-refractivity contribution >= 4 is 44.2 Å². The van der Waals surface area contributed by atoms with E-state index >= 15 is 0 Å². The summed E-state index contributed by atoms with van der Waals surface area (Å²) in [6, 6.07) is 0. The molecule has 0 heterocycles. The van der Waals surface area contributed by atoms with Gasteiger partial charge in [0.15, 0.2) is 0 Å². The molecule has 0 N–H and O–H groups in total. The molecule has 0 spiro atoms. The summed E-state index contributed by atoms with van der Waals surface area (Å²) in [4.78, 5) is 74.1. The van der Waals surface area contributed by atoms with Crippen molar-refractivity contribution in [2.45, 2.75) is 547 Å². The van der Waals surface area contributed by atoms with Gasteiger partial charge in [0.1, 0.15) is 0 Å². The van der Waals surface area contributed by atoms with Gasteiger partial charge in [0, 0.05) is 65.3 Å². The van der Waals surface area contributed by atoms with Gasteiger partial charge in [-0.15, -0.1) is 0 Å². The quantitative estimate of drug-likeness (QED) is 0.0314. The standard InChI is InChI=1S/6C16H35O2P.Mo/c6*1-5-8-10-11-12-15(4)19(17,18)14-16(7-3)13-9-6-2;/h6*15-16H,5-14H2,1-4H3,(H,17,18);/p-6. The van der Waals surface area contributed by atoms with Crippen molar-refractivity contribution in [1.29, 1.82) is 0 Å². The van der Waals surface area contributed by atoms with Crippen molar-refractivity contribution in [3.8, 4) is 0 Å². The van der Waals surface area contributed by atoms with Crippen LogP contribution in [0.2, 0.25) is 0 Å². The normalized spacial score (nSPS) is 17.8. The van der Waals surface area contributed by atoms with Gasteiger partial charge in [-0.25, -0.2) is 0 Å². The summed E-state index contributed by atoms with van der Waals surface area (Å²) in [6.07, 6.45) is 62.0. The molecule has 0 saturated heterocycles. The third-order valence-corrected chi connectivity index (χ3v) is 41.0. The predicted octanol–water partition coefficient (Wildman–Crippen LogP) is 31.2. The van der Waals surface area contributed by atoms with Crippen LogP contribution in [-0.2, 0) is 48.5 Å². The average molecular weight is 1830 g/mol. The van der Waals surface area contributed by atoms with E-state index in [9.17, 15) is 56.8 Å². The summed E-state index contributed by atoms with van der Waals surface area (Å²) in [7, 11) is -19.2. The topological polar surface area (TPSA) is 241 Å². The van der Waals surface area contributed by atoms with E-state index in [0.29, 0.717) is 72.5 Å². The van der Waals surface area contributed by atoms with E-state index in [-0.39, 0.29) is 55.0 Å². The molecule has 0 aliphatic carbocycles. The van der Waals surface area contributed by atoms with Crippen LogP contribution in [-0.4, -0.2) is 70.9 Å². The van der Waals surface area contributed by atoms with Gasteiger partial charge in [-0.05, 0) is 145 Å². The molecule has 0 radical (unpaired) electrons. The minimum absolute atomic E-state index is 0. The second-order valence-electron chi connectivity index (χ2n) is 36.1. The monoisotopic (exact) mass is 1830 g/mol. The minimum Gasteiger partial charge on any atom is -0.799 e. The van der Waals surface area contributed by atoms with Crippen molar-refractivity contribution in [2.75, 3.05) is 37.0 Å².